The molecule has 1 N–H and O–H groups in total. The molecule has 17 heavy (non-hydrogen) atoms. The first-order valence-corrected chi connectivity index (χ1v) is 4.99. The number of carboxylic acids is 1. The van der Waals surface area contributed by atoms with E-state index in [1.54, 1.807) is 25.1 Å². The van der Waals surface area contributed by atoms with Gasteiger partial charge in [0.2, 0.25) is 0 Å². The summed E-state index contributed by atoms with van der Waals surface area (Å²) in [7, 11) is 0. The number of nitrogens with zero attached hydrogens (tertiary/aromatic N) is 3. The lowest BCUT2D eigenvalue weighted by Crippen LogP contribution is -2.09. The fourth-order valence-corrected chi connectivity index (χ4v) is 1.52. The molecule has 0 radical (unpaired) electrons. The fraction of sp³-hybridized carbons (Fsp3) is 0.182. The van der Waals surface area contributed by atoms with Crippen molar-refractivity contribution in [2.75, 3.05) is 0 Å². The van der Waals surface area contributed by atoms with Crippen molar-refractivity contribution in [1.82, 2.24) is 15.0 Å². The molecule has 0 unspecified atom stereocenters. The topological polar surface area (TPSA) is 68.0 Å². The number of carbonyl (C=O) groups is 1. The second-order valence-corrected chi connectivity index (χ2v) is 3.59. The molecule has 2 aromatic rings. The van der Waals surface area contributed by atoms with Gasteiger partial charge in [-0.1, -0.05) is 23.4 Å². The van der Waals surface area contributed by atoms with Crippen LogP contribution in [-0.4, -0.2) is 26.1 Å². The Labute approximate surface area is 96.5 Å². The van der Waals surface area contributed by atoms with E-state index in [9.17, 15) is 9.18 Å². The summed E-state index contributed by atoms with van der Waals surface area (Å²) in [6.45, 7) is 1.72. The van der Waals surface area contributed by atoms with Gasteiger partial charge in [-0.3, -0.25) is 0 Å². The molecule has 1 heterocycles. The molecule has 6 heteroatoms. The highest BCUT2D eigenvalue weighted by Crippen LogP contribution is 2.19. The number of halogens is 1. The standard InChI is InChI=1S/C11H10FN3O2/c1-7(8-4-2-3-5-9(8)12)15-6-10(11(16)17)13-14-15/h2-7H,1H3,(H,16,17)/t7-/m0/s1. The number of aromatic carboxylic acids is 1. The van der Waals surface area contributed by atoms with E-state index in [0.717, 1.165) is 0 Å². The third kappa shape index (κ3) is 2.15. The maximum Gasteiger partial charge on any atom is 0.358 e. The van der Waals surface area contributed by atoms with E-state index in [1.165, 1.54) is 16.9 Å². The van der Waals surface area contributed by atoms with Crippen LogP contribution in [-0.2, 0) is 0 Å². The predicted molar refractivity (Wildman–Crippen MR) is 57.2 cm³/mol. The number of hydrogen-bond acceptors (Lipinski definition) is 3. The highest BCUT2D eigenvalue weighted by molar-refractivity contribution is 5.84. The zero-order valence-electron chi connectivity index (χ0n) is 9.04. The molecule has 1 aromatic heterocycles. The van der Waals surface area contributed by atoms with Gasteiger partial charge in [0.25, 0.3) is 0 Å². The Hall–Kier alpha value is -2.24. The second kappa shape index (κ2) is 4.32. The van der Waals surface area contributed by atoms with Gasteiger partial charge in [-0.2, -0.15) is 0 Å². The van der Waals surface area contributed by atoms with Gasteiger partial charge in [0.1, 0.15) is 5.82 Å². The van der Waals surface area contributed by atoms with Gasteiger partial charge in [0.05, 0.1) is 12.2 Å². The van der Waals surface area contributed by atoms with E-state index >= 15 is 0 Å². The van der Waals surface area contributed by atoms with E-state index in [-0.39, 0.29) is 11.5 Å². The number of rotatable bonds is 3. The molecule has 0 saturated carbocycles. The van der Waals surface area contributed by atoms with Crippen LogP contribution in [0.25, 0.3) is 0 Å². The maximum atomic E-state index is 13.5. The zero-order valence-corrected chi connectivity index (χ0v) is 9.04. The average molecular weight is 235 g/mol. The smallest absolute Gasteiger partial charge is 0.358 e. The summed E-state index contributed by atoms with van der Waals surface area (Å²) in [6, 6.07) is 5.87. The van der Waals surface area contributed by atoms with Crippen molar-refractivity contribution >= 4 is 5.97 Å². The van der Waals surface area contributed by atoms with Crippen LogP contribution in [0.2, 0.25) is 0 Å². The minimum Gasteiger partial charge on any atom is -0.476 e. The Morgan fingerprint density at radius 2 is 2.18 bits per heavy atom. The lowest BCUT2D eigenvalue weighted by molar-refractivity contribution is 0.0690. The summed E-state index contributed by atoms with van der Waals surface area (Å²) in [5.74, 6) is -1.51. The Balaban J connectivity index is 2.34. The van der Waals surface area contributed by atoms with E-state index < -0.39 is 12.0 Å². The molecule has 88 valence electrons. The van der Waals surface area contributed by atoms with Crippen LogP contribution < -0.4 is 0 Å². The summed E-state index contributed by atoms with van der Waals surface area (Å²) < 4.78 is 14.8. The number of carboxylic acid groups (broad SMARTS) is 1. The first kappa shape index (κ1) is 11.3. The van der Waals surface area contributed by atoms with Gasteiger partial charge in [0.15, 0.2) is 5.69 Å². The Bertz CT molecular complexity index is 553. The van der Waals surface area contributed by atoms with Crippen LogP contribution in [0.3, 0.4) is 0 Å². The first-order chi connectivity index (χ1) is 8.09. The average Bonchev–Trinajstić information content (AvgIpc) is 2.78. The van der Waals surface area contributed by atoms with E-state index in [4.69, 9.17) is 5.11 Å². The van der Waals surface area contributed by atoms with Crippen LogP contribution in [0.4, 0.5) is 4.39 Å². The molecule has 0 aliphatic heterocycles. The van der Waals surface area contributed by atoms with Crippen LogP contribution in [0.5, 0.6) is 0 Å². The predicted octanol–water partition coefficient (Wildman–Crippen LogP) is 1.72. The van der Waals surface area contributed by atoms with Crippen molar-refractivity contribution in [3.05, 3.63) is 47.5 Å². The first-order valence-electron chi connectivity index (χ1n) is 4.99. The summed E-state index contributed by atoms with van der Waals surface area (Å²) in [4.78, 5) is 10.7. The summed E-state index contributed by atoms with van der Waals surface area (Å²) >= 11 is 0. The molecule has 0 fully saturated rings. The van der Waals surface area contributed by atoms with Crippen molar-refractivity contribution in [3.63, 3.8) is 0 Å². The molecule has 0 aliphatic rings. The van der Waals surface area contributed by atoms with E-state index in [2.05, 4.69) is 10.3 Å². The largest absolute Gasteiger partial charge is 0.476 e. The monoisotopic (exact) mass is 235 g/mol. The fourth-order valence-electron chi connectivity index (χ4n) is 1.52. The van der Waals surface area contributed by atoms with Gasteiger partial charge in [-0.25, -0.2) is 13.9 Å². The van der Waals surface area contributed by atoms with Crippen LogP contribution in [0.15, 0.2) is 30.5 Å². The number of aromatic nitrogens is 3. The van der Waals surface area contributed by atoms with E-state index in [0.29, 0.717) is 5.56 Å². The molecular formula is C11H10FN3O2. The van der Waals surface area contributed by atoms with Crippen molar-refractivity contribution in [2.24, 2.45) is 0 Å². The molecule has 0 amide bonds. The van der Waals surface area contributed by atoms with Crippen molar-refractivity contribution < 1.29 is 14.3 Å². The highest BCUT2D eigenvalue weighted by Gasteiger charge is 2.16. The zero-order chi connectivity index (χ0) is 12.4. The summed E-state index contributed by atoms with van der Waals surface area (Å²) in [5.41, 5.74) is 0.280. The van der Waals surface area contributed by atoms with Crippen molar-refractivity contribution in [2.45, 2.75) is 13.0 Å². The van der Waals surface area contributed by atoms with Gasteiger partial charge in [0, 0.05) is 5.56 Å². The van der Waals surface area contributed by atoms with Crippen LogP contribution in [0.1, 0.15) is 29.0 Å². The molecule has 5 nitrogen and oxygen atoms in total. The molecular weight excluding hydrogens is 225 g/mol. The Kier molecular flexibility index (Phi) is 2.86. The minimum absolute atomic E-state index is 0.159. The molecule has 0 spiro atoms. The molecule has 1 atom stereocenters. The maximum absolute atomic E-state index is 13.5. The highest BCUT2D eigenvalue weighted by atomic mass is 19.1. The summed E-state index contributed by atoms with van der Waals surface area (Å²) in [6.07, 6.45) is 1.28. The van der Waals surface area contributed by atoms with E-state index in [1.807, 2.05) is 0 Å². The van der Waals surface area contributed by atoms with Crippen molar-refractivity contribution in [1.29, 1.82) is 0 Å². The lowest BCUT2D eigenvalue weighted by Gasteiger charge is -2.11. The Morgan fingerprint density at radius 1 is 1.47 bits per heavy atom. The third-order valence-corrected chi connectivity index (χ3v) is 2.48. The normalized spacial score (nSPS) is 12.4. The second-order valence-electron chi connectivity index (χ2n) is 3.59. The quantitative estimate of drug-likeness (QED) is 0.879. The van der Waals surface area contributed by atoms with Crippen LogP contribution in [0, 0.1) is 5.82 Å². The molecule has 0 bridgehead atoms. The van der Waals surface area contributed by atoms with Crippen LogP contribution >= 0.6 is 0 Å². The van der Waals surface area contributed by atoms with Gasteiger partial charge >= 0.3 is 5.97 Å². The number of hydrogen-bond donors (Lipinski definition) is 1. The SMILES string of the molecule is C[C@@H](c1ccccc1F)n1cc(C(=O)O)nn1. The molecule has 1 aromatic carbocycles. The lowest BCUT2D eigenvalue weighted by atomic mass is 10.1. The minimum atomic E-state index is -1.16. The molecule has 0 saturated heterocycles. The molecule has 0 aliphatic carbocycles. The number of benzene rings is 1. The third-order valence-electron chi connectivity index (χ3n) is 2.48. The van der Waals surface area contributed by atoms with Gasteiger partial charge in [-0.15, -0.1) is 5.10 Å². The Morgan fingerprint density at radius 3 is 2.76 bits per heavy atom. The molecule has 2 rings (SSSR count). The summed E-state index contributed by atoms with van der Waals surface area (Å²) in [5, 5.41) is 15.9. The van der Waals surface area contributed by atoms with Gasteiger partial charge < -0.3 is 5.11 Å². The van der Waals surface area contributed by atoms with Crippen molar-refractivity contribution in [3.8, 4) is 0 Å². The van der Waals surface area contributed by atoms with Gasteiger partial charge in [-0.05, 0) is 13.0 Å².